The molecule has 0 aliphatic carbocycles. The number of hydrogen-bond donors (Lipinski definition) is 1. The highest BCUT2D eigenvalue weighted by molar-refractivity contribution is 6.43. The van der Waals surface area contributed by atoms with E-state index >= 15 is 0 Å². The highest BCUT2D eigenvalue weighted by Crippen LogP contribution is 2.32. The Bertz CT molecular complexity index is 417. The quantitative estimate of drug-likeness (QED) is 0.928. The van der Waals surface area contributed by atoms with Gasteiger partial charge in [-0.2, -0.15) is 0 Å². The van der Waals surface area contributed by atoms with Crippen molar-refractivity contribution in [3.63, 3.8) is 0 Å². The summed E-state index contributed by atoms with van der Waals surface area (Å²) in [5.74, 6) is 0. The van der Waals surface area contributed by atoms with Gasteiger partial charge < -0.3 is 10.6 Å². The lowest BCUT2D eigenvalue weighted by atomic mass is 10.1. The minimum atomic E-state index is 0.557. The number of piperazine rings is 1. The van der Waals surface area contributed by atoms with Gasteiger partial charge in [0.1, 0.15) is 0 Å². The molecule has 0 amide bonds. The van der Waals surface area contributed by atoms with E-state index in [4.69, 9.17) is 28.9 Å². The largest absolute Gasteiger partial charge is 0.368 e. The van der Waals surface area contributed by atoms with Crippen LogP contribution in [0.5, 0.6) is 0 Å². The molecule has 0 radical (unpaired) electrons. The first-order valence-corrected chi connectivity index (χ1v) is 7.52. The first kappa shape index (κ1) is 14.9. The summed E-state index contributed by atoms with van der Waals surface area (Å²) in [6.07, 6.45) is 1.05. The van der Waals surface area contributed by atoms with Crippen LogP contribution in [0.15, 0.2) is 18.2 Å². The molecule has 1 aliphatic heterocycles. The molecule has 0 aromatic heterocycles. The van der Waals surface area contributed by atoms with Gasteiger partial charge in [-0.1, -0.05) is 29.3 Å². The summed E-state index contributed by atoms with van der Waals surface area (Å²) in [4.78, 5) is 4.79. The van der Waals surface area contributed by atoms with Gasteiger partial charge in [0.05, 0.1) is 15.7 Å². The molecule has 2 N–H and O–H groups in total. The number of anilines is 1. The standard InChI is InChI=1S/C14H21Cl2N3/c1-11(5-6-17)18-7-9-19(10-8-18)13-4-2-3-12(15)14(13)16/h2-4,11H,5-10,17H2,1H3. The Balaban J connectivity index is 1.98. The zero-order chi connectivity index (χ0) is 13.8. The zero-order valence-electron chi connectivity index (χ0n) is 11.3. The molecule has 1 fully saturated rings. The third kappa shape index (κ3) is 3.54. The van der Waals surface area contributed by atoms with Gasteiger partial charge in [-0.25, -0.2) is 0 Å². The van der Waals surface area contributed by atoms with Crippen molar-refractivity contribution in [2.24, 2.45) is 5.73 Å². The zero-order valence-corrected chi connectivity index (χ0v) is 12.8. The molecule has 19 heavy (non-hydrogen) atoms. The molecule has 0 spiro atoms. The van der Waals surface area contributed by atoms with Crippen molar-refractivity contribution in [2.45, 2.75) is 19.4 Å². The first-order chi connectivity index (χ1) is 9.13. The predicted octanol–water partition coefficient (Wildman–Crippen LogP) is 2.85. The molecule has 2 rings (SSSR count). The summed E-state index contributed by atoms with van der Waals surface area (Å²) in [5.41, 5.74) is 6.66. The maximum Gasteiger partial charge on any atom is 0.0825 e. The molecule has 0 saturated carbocycles. The molecule has 106 valence electrons. The normalized spacial score (nSPS) is 18.6. The molecule has 1 aromatic carbocycles. The van der Waals surface area contributed by atoms with Crippen LogP contribution in [-0.4, -0.2) is 43.7 Å². The smallest absolute Gasteiger partial charge is 0.0825 e. The van der Waals surface area contributed by atoms with Crippen molar-refractivity contribution in [2.75, 3.05) is 37.6 Å². The number of nitrogens with zero attached hydrogens (tertiary/aromatic N) is 2. The van der Waals surface area contributed by atoms with Crippen molar-refractivity contribution < 1.29 is 0 Å². The van der Waals surface area contributed by atoms with Gasteiger partial charge in [-0.3, -0.25) is 4.90 Å². The van der Waals surface area contributed by atoms with E-state index in [-0.39, 0.29) is 0 Å². The van der Waals surface area contributed by atoms with Crippen LogP contribution in [0, 0.1) is 0 Å². The first-order valence-electron chi connectivity index (χ1n) is 6.76. The molecular formula is C14H21Cl2N3. The van der Waals surface area contributed by atoms with E-state index in [0.717, 1.165) is 44.8 Å². The molecule has 1 heterocycles. The van der Waals surface area contributed by atoms with Crippen molar-refractivity contribution in [1.82, 2.24) is 4.90 Å². The number of hydrogen-bond acceptors (Lipinski definition) is 3. The number of nitrogens with two attached hydrogens (primary N) is 1. The maximum absolute atomic E-state index is 6.27. The van der Waals surface area contributed by atoms with Crippen LogP contribution in [0.4, 0.5) is 5.69 Å². The Morgan fingerprint density at radius 1 is 1.21 bits per heavy atom. The summed E-state index contributed by atoms with van der Waals surface area (Å²) in [6, 6.07) is 6.37. The summed E-state index contributed by atoms with van der Waals surface area (Å²) < 4.78 is 0. The summed E-state index contributed by atoms with van der Waals surface area (Å²) >= 11 is 12.3. The fourth-order valence-corrected chi connectivity index (χ4v) is 2.98. The minimum absolute atomic E-state index is 0.557. The summed E-state index contributed by atoms with van der Waals surface area (Å²) in [5, 5.41) is 1.28. The SMILES string of the molecule is CC(CCN)N1CCN(c2cccc(Cl)c2Cl)CC1. The second kappa shape index (κ2) is 6.80. The van der Waals surface area contributed by atoms with E-state index in [2.05, 4.69) is 16.7 Å². The Morgan fingerprint density at radius 3 is 2.53 bits per heavy atom. The van der Waals surface area contributed by atoms with Gasteiger partial charge in [0, 0.05) is 32.2 Å². The second-order valence-electron chi connectivity index (χ2n) is 5.02. The Labute approximate surface area is 125 Å². The fraction of sp³-hybridized carbons (Fsp3) is 0.571. The van der Waals surface area contributed by atoms with Gasteiger partial charge in [-0.15, -0.1) is 0 Å². The van der Waals surface area contributed by atoms with Gasteiger partial charge in [-0.05, 0) is 32.0 Å². The molecular weight excluding hydrogens is 281 g/mol. The molecule has 1 aliphatic rings. The van der Waals surface area contributed by atoms with Crippen LogP contribution in [0.1, 0.15) is 13.3 Å². The third-order valence-corrected chi connectivity index (χ3v) is 4.60. The van der Waals surface area contributed by atoms with E-state index in [0.29, 0.717) is 16.1 Å². The molecule has 1 saturated heterocycles. The highest BCUT2D eigenvalue weighted by Gasteiger charge is 2.22. The predicted molar refractivity (Wildman–Crippen MR) is 83.4 cm³/mol. The van der Waals surface area contributed by atoms with Crippen molar-refractivity contribution in [1.29, 1.82) is 0 Å². The summed E-state index contributed by atoms with van der Waals surface area (Å²) in [6.45, 7) is 7.05. The van der Waals surface area contributed by atoms with Crippen molar-refractivity contribution >= 4 is 28.9 Å². The van der Waals surface area contributed by atoms with E-state index in [1.54, 1.807) is 0 Å². The Morgan fingerprint density at radius 2 is 1.89 bits per heavy atom. The average Bonchev–Trinajstić information content (AvgIpc) is 2.42. The minimum Gasteiger partial charge on any atom is -0.368 e. The molecule has 1 aromatic rings. The monoisotopic (exact) mass is 301 g/mol. The van der Waals surface area contributed by atoms with Crippen LogP contribution in [0.25, 0.3) is 0 Å². The fourth-order valence-electron chi connectivity index (χ4n) is 2.56. The summed E-state index contributed by atoms with van der Waals surface area (Å²) in [7, 11) is 0. The number of rotatable bonds is 4. The van der Waals surface area contributed by atoms with Crippen LogP contribution in [0.2, 0.25) is 10.0 Å². The molecule has 0 bridgehead atoms. The van der Waals surface area contributed by atoms with E-state index in [9.17, 15) is 0 Å². The number of benzene rings is 1. The van der Waals surface area contributed by atoms with Crippen LogP contribution >= 0.6 is 23.2 Å². The van der Waals surface area contributed by atoms with E-state index in [1.165, 1.54) is 0 Å². The Hall–Kier alpha value is -0.480. The average molecular weight is 302 g/mol. The topological polar surface area (TPSA) is 32.5 Å². The lowest BCUT2D eigenvalue weighted by molar-refractivity contribution is 0.190. The maximum atomic E-state index is 6.27. The second-order valence-corrected chi connectivity index (χ2v) is 5.81. The molecule has 1 atom stereocenters. The highest BCUT2D eigenvalue weighted by atomic mass is 35.5. The van der Waals surface area contributed by atoms with Gasteiger partial charge >= 0.3 is 0 Å². The lowest BCUT2D eigenvalue weighted by Gasteiger charge is -2.39. The Kier molecular flexibility index (Phi) is 5.34. The molecule has 3 nitrogen and oxygen atoms in total. The van der Waals surface area contributed by atoms with Gasteiger partial charge in [0.25, 0.3) is 0 Å². The van der Waals surface area contributed by atoms with Crippen LogP contribution in [-0.2, 0) is 0 Å². The lowest BCUT2D eigenvalue weighted by Crippen LogP contribution is -2.50. The van der Waals surface area contributed by atoms with Crippen molar-refractivity contribution in [3.05, 3.63) is 28.2 Å². The number of halogens is 2. The van der Waals surface area contributed by atoms with E-state index in [1.807, 2.05) is 18.2 Å². The van der Waals surface area contributed by atoms with Gasteiger partial charge in [0.15, 0.2) is 0 Å². The van der Waals surface area contributed by atoms with Crippen molar-refractivity contribution in [3.8, 4) is 0 Å². The van der Waals surface area contributed by atoms with Crippen LogP contribution in [0.3, 0.4) is 0 Å². The molecule has 5 heteroatoms. The van der Waals surface area contributed by atoms with Gasteiger partial charge in [0.2, 0.25) is 0 Å². The van der Waals surface area contributed by atoms with E-state index < -0.39 is 0 Å². The molecule has 1 unspecified atom stereocenters. The van der Waals surface area contributed by atoms with Crippen LogP contribution < -0.4 is 10.6 Å². The third-order valence-electron chi connectivity index (χ3n) is 3.79.